The van der Waals surface area contributed by atoms with E-state index in [1.165, 1.54) is 5.56 Å². The number of rotatable bonds is 5. The van der Waals surface area contributed by atoms with Gasteiger partial charge in [-0.15, -0.1) is 0 Å². The lowest BCUT2D eigenvalue weighted by atomic mass is 10.1. The first-order valence-corrected chi connectivity index (χ1v) is 5.72. The predicted octanol–water partition coefficient (Wildman–Crippen LogP) is 2.75. The molecular weight excluding hydrogens is 200 g/mol. The second-order valence-electron chi connectivity index (χ2n) is 3.79. The Bertz CT molecular complexity index is 368. The highest BCUT2D eigenvalue weighted by molar-refractivity contribution is 5.50. The topological polar surface area (TPSA) is 48.1 Å². The van der Waals surface area contributed by atoms with E-state index in [1.807, 2.05) is 26.0 Å². The molecule has 1 aromatic rings. The third-order valence-corrected chi connectivity index (χ3v) is 2.16. The molecule has 0 fully saturated rings. The Morgan fingerprint density at radius 1 is 1.50 bits per heavy atom. The molecule has 0 aliphatic heterocycles. The molecule has 0 bridgehead atoms. The Kier molecular flexibility index (Phi) is 4.83. The number of pyridine rings is 1. The first-order chi connectivity index (χ1) is 7.67. The van der Waals surface area contributed by atoms with Gasteiger partial charge in [0.25, 0.3) is 0 Å². The number of nitrogens with two attached hydrogens (primary N) is 1. The fraction of sp³-hybridized carbons (Fsp3) is 0.462. The van der Waals surface area contributed by atoms with Crippen molar-refractivity contribution in [1.29, 1.82) is 0 Å². The average molecular weight is 220 g/mol. The average Bonchev–Trinajstić information content (AvgIpc) is 2.21. The molecule has 1 rings (SSSR count). The minimum atomic E-state index is 0.670. The SMILES string of the molecule is CCCc1cc(/C=C(/C)N)ncc1OCC. The Balaban J connectivity index is 3.01. The number of allylic oxidation sites excluding steroid dienone is 1. The number of hydrogen-bond donors (Lipinski definition) is 1. The van der Waals surface area contributed by atoms with Gasteiger partial charge in [-0.2, -0.15) is 0 Å². The van der Waals surface area contributed by atoms with Crippen LogP contribution in [0.25, 0.3) is 6.08 Å². The zero-order valence-corrected chi connectivity index (χ0v) is 10.3. The number of aromatic nitrogens is 1. The summed E-state index contributed by atoms with van der Waals surface area (Å²) in [5.74, 6) is 0.885. The van der Waals surface area contributed by atoms with Crippen molar-refractivity contribution in [2.75, 3.05) is 6.61 Å². The van der Waals surface area contributed by atoms with Gasteiger partial charge in [-0.1, -0.05) is 13.3 Å². The minimum Gasteiger partial charge on any atom is -0.492 e. The maximum Gasteiger partial charge on any atom is 0.140 e. The maximum atomic E-state index is 5.64. The molecule has 1 aromatic heterocycles. The molecule has 0 amide bonds. The Labute approximate surface area is 97.3 Å². The molecule has 0 spiro atoms. The fourth-order valence-electron chi connectivity index (χ4n) is 1.57. The van der Waals surface area contributed by atoms with E-state index < -0.39 is 0 Å². The van der Waals surface area contributed by atoms with Gasteiger partial charge in [0.1, 0.15) is 5.75 Å². The van der Waals surface area contributed by atoms with Gasteiger partial charge in [-0.05, 0) is 38.0 Å². The summed E-state index contributed by atoms with van der Waals surface area (Å²) in [6.07, 6.45) is 5.75. The molecule has 0 saturated carbocycles. The molecular formula is C13H20N2O. The van der Waals surface area contributed by atoms with E-state index >= 15 is 0 Å². The molecule has 88 valence electrons. The van der Waals surface area contributed by atoms with Gasteiger partial charge in [0.2, 0.25) is 0 Å². The Morgan fingerprint density at radius 2 is 2.25 bits per heavy atom. The van der Waals surface area contributed by atoms with E-state index in [9.17, 15) is 0 Å². The Morgan fingerprint density at radius 3 is 2.81 bits per heavy atom. The van der Waals surface area contributed by atoms with Gasteiger partial charge in [-0.25, -0.2) is 0 Å². The minimum absolute atomic E-state index is 0.670. The highest BCUT2D eigenvalue weighted by atomic mass is 16.5. The number of hydrogen-bond acceptors (Lipinski definition) is 3. The first kappa shape index (κ1) is 12.6. The van der Waals surface area contributed by atoms with Crippen LogP contribution in [0.2, 0.25) is 0 Å². The van der Waals surface area contributed by atoms with Crippen LogP contribution in [0.4, 0.5) is 0 Å². The summed E-state index contributed by atoms with van der Waals surface area (Å²) in [5.41, 5.74) is 8.49. The van der Waals surface area contributed by atoms with Gasteiger partial charge < -0.3 is 10.5 Å². The van der Waals surface area contributed by atoms with Crippen LogP contribution >= 0.6 is 0 Å². The molecule has 0 atom stereocenters. The van der Waals surface area contributed by atoms with Crippen LogP contribution < -0.4 is 10.5 Å². The fourth-order valence-corrected chi connectivity index (χ4v) is 1.57. The van der Waals surface area contributed by atoms with Crippen molar-refractivity contribution in [1.82, 2.24) is 4.98 Å². The third-order valence-electron chi connectivity index (χ3n) is 2.16. The maximum absolute atomic E-state index is 5.64. The van der Waals surface area contributed by atoms with Crippen LogP contribution in [-0.2, 0) is 6.42 Å². The lowest BCUT2D eigenvalue weighted by Gasteiger charge is -2.09. The van der Waals surface area contributed by atoms with Crippen molar-refractivity contribution < 1.29 is 4.74 Å². The van der Waals surface area contributed by atoms with Gasteiger partial charge in [0.15, 0.2) is 0 Å². The van der Waals surface area contributed by atoms with Crippen LogP contribution in [0.5, 0.6) is 5.75 Å². The summed E-state index contributed by atoms with van der Waals surface area (Å²) in [6, 6.07) is 2.05. The van der Waals surface area contributed by atoms with E-state index in [0.29, 0.717) is 6.61 Å². The zero-order chi connectivity index (χ0) is 12.0. The summed E-state index contributed by atoms with van der Waals surface area (Å²) in [5, 5.41) is 0. The summed E-state index contributed by atoms with van der Waals surface area (Å²) in [4.78, 5) is 4.30. The largest absolute Gasteiger partial charge is 0.492 e. The highest BCUT2D eigenvalue weighted by Gasteiger charge is 2.04. The van der Waals surface area contributed by atoms with Gasteiger partial charge in [0.05, 0.1) is 18.5 Å². The van der Waals surface area contributed by atoms with Crippen molar-refractivity contribution in [3.63, 3.8) is 0 Å². The van der Waals surface area contributed by atoms with E-state index in [0.717, 1.165) is 30.0 Å². The highest BCUT2D eigenvalue weighted by Crippen LogP contribution is 2.20. The summed E-state index contributed by atoms with van der Waals surface area (Å²) >= 11 is 0. The molecule has 0 unspecified atom stereocenters. The van der Waals surface area contributed by atoms with Crippen LogP contribution in [0.15, 0.2) is 18.0 Å². The van der Waals surface area contributed by atoms with Crippen molar-refractivity contribution in [2.45, 2.75) is 33.6 Å². The van der Waals surface area contributed by atoms with Crippen molar-refractivity contribution in [3.8, 4) is 5.75 Å². The molecule has 3 heteroatoms. The van der Waals surface area contributed by atoms with Crippen molar-refractivity contribution >= 4 is 6.08 Å². The van der Waals surface area contributed by atoms with E-state index in [1.54, 1.807) is 6.20 Å². The summed E-state index contributed by atoms with van der Waals surface area (Å²) < 4.78 is 5.54. The van der Waals surface area contributed by atoms with Crippen LogP contribution in [0.3, 0.4) is 0 Å². The van der Waals surface area contributed by atoms with Gasteiger partial charge in [0, 0.05) is 5.70 Å². The van der Waals surface area contributed by atoms with Gasteiger partial charge >= 0.3 is 0 Å². The van der Waals surface area contributed by atoms with Crippen molar-refractivity contribution in [2.24, 2.45) is 5.73 Å². The predicted molar refractivity (Wildman–Crippen MR) is 67.2 cm³/mol. The van der Waals surface area contributed by atoms with Crippen molar-refractivity contribution in [3.05, 3.63) is 29.2 Å². The van der Waals surface area contributed by atoms with E-state index in [2.05, 4.69) is 11.9 Å². The molecule has 0 aliphatic carbocycles. The first-order valence-electron chi connectivity index (χ1n) is 5.72. The van der Waals surface area contributed by atoms with Crippen LogP contribution in [-0.4, -0.2) is 11.6 Å². The summed E-state index contributed by atoms with van der Waals surface area (Å²) in [6.45, 7) is 6.66. The normalized spacial score (nSPS) is 11.6. The number of ether oxygens (including phenoxy) is 1. The molecule has 16 heavy (non-hydrogen) atoms. The van der Waals surface area contributed by atoms with Crippen LogP contribution in [0, 0.1) is 0 Å². The summed E-state index contributed by atoms with van der Waals surface area (Å²) in [7, 11) is 0. The van der Waals surface area contributed by atoms with E-state index in [4.69, 9.17) is 10.5 Å². The second kappa shape index (κ2) is 6.16. The lowest BCUT2D eigenvalue weighted by Crippen LogP contribution is -1.99. The number of nitrogens with zero attached hydrogens (tertiary/aromatic N) is 1. The molecule has 1 heterocycles. The number of aryl methyl sites for hydroxylation is 1. The monoisotopic (exact) mass is 220 g/mol. The molecule has 0 saturated heterocycles. The quantitative estimate of drug-likeness (QED) is 0.830. The molecule has 0 aromatic carbocycles. The standard InChI is InChI=1S/C13H20N2O/c1-4-6-11-8-12(7-10(3)14)15-9-13(11)16-5-2/h7-9H,4-6,14H2,1-3H3/b10-7-. The molecule has 0 aliphatic rings. The van der Waals surface area contributed by atoms with Crippen LogP contribution in [0.1, 0.15) is 38.4 Å². The molecule has 0 radical (unpaired) electrons. The zero-order valence-electron chi connectivity index (χ0n) is 10.3. The smallest absolute Gasteiger partial charge is 0.140 e. The van der Waals surface area contributed by atoms with Gasteiger partial charge in [-0.3, -0.25) is 4.98 Å². The third kappa shape index (κ3) is 3.57. The molecule has 2 N–H and O–H groups in total. The molecule has 3 nitrogen and oxygen atoms in total. The van der Waals surface area contributed by atoms with E-state index in [-0.39, 0.29) is 0 Å². The second-order valence-corrected chi connectivity index (χ2v) is 3.79. The Hall–Kier alpha value is -1.51. The lowest BCUT2D eigenvalue weighted by molar-refractivity contribution is 0.335.